The van der Waals surface area contributed by atoms with E-state index < -0.39 is 0 Å². The van der Waals surface area contributed by atoms with Crippen molar-refractivity contribution >= 4 is 5.82 Å². The van der Waals surface area contributed by atoms with Crippen molar-refractivity contribution in [2.45, 2.75) is 58.2 Å². The number of piperidine rings is 1. The minimum Gasteiger partial charge on any atom is -0.378 e. The molecule has 1 saturated carbocycles. The first-order valence-electron chi connectivity index (χ1n) is 8.31. The number of rotatable bonds is 6. The molecule has 0 atom stereocenters. The molecule has 4 heteroatoms. The molecule has 1 N–H and O–H groups in total. The summed E-state index contributed by atoms with van der Waals surface area (Å²) in [6.45, 7) is 8.14. The zero-order valence-corrected chi connectivity index (χ0v) is 13.3. The van der Waals surface area contributed by atoms with Crippen LogP contribution in [0.1, 0.15) is 43.7 Å². The maximum atomic E-state index is 5.72. The largest absolute Gasteiger partial charge is 0.378 e. The van der Waals surface area contributed by atoms with E-state index in [1.54, 1.807) is 0 Å². The van der Waals surface area contributed by atoms with Crippen LogP contribution in [0.4, 0.5) is 5.82 Å². The van der Waals surface area contributed by atoms with E-state index in [1.807, 2.05) is 6.20 Å². The van der Waals surface area contributed by atoms with Crippen LogP contribution < -0.4 is 10.2 Å². The van der Waals surface area contributed by atoms with Crippen molar-refractivity contribution in [3.63, 3.8) is 0 Å². The molecule has 1 aromatic rings. The Bertz CT molecular complexity index is 465. The Morgan fingerprint density at radius 2 is 2.05 bits per heavy atom. The van der Waals surface area contributed by atoms with Gasteiger partial charge in [0.1, 0.15) is 5.82 Å². The van der Waals surface area contributed by atoms with Gasteiger partial charge in [-0.25, -0.2) is 4.98 Å². The van der Waals surface area contributed by atoms with Crippen molar-refractivity contribution in [2.75, 3.05) is 24.6 Å². The Labute approximate surface area is 127 Å². The third-order valence-corrected chi connectivity index (χ3v) is 4.42. The Balaban J connectivity index is 1.57. The van der Waals surface area contributed by atoms with Crippen molar-refractivity contribution < 1.29 is 4.74 Å². The van der Waals surface area contributed by atoms with Gasteiger partial charge in [0.2, 0.25) is 0 Å². The number of nitrogens with zero attached hydrogens (tertiary/aromatic N) is 2. The van der Waals surface area contributed by atoms with E-state index in [-0.39, 0.29) is 0 Å². The maximum absolute atomic E-state index is 5.72. The van der Waals surface area contributed by atoms with Gasteiger partial charge in [-0.2, -0.15) is 0 Å². The molecule has 1 aromatic heterocycles. The van der Waals surface area contributed by atoms with Crippen molar-refractivity contribution in [3.8, 4) is 0 Å². The maximum Gasteiger partial charge on any atom is 0.131 e. The monoisotopic (exact) mass is 289 g/mol. The van der Waals surface area contributed by atoms with Crippen molar-refractivity contribution in [3.05, 3.63) is 23.4 Å². The Morgan fingerprint density at radius 1 is 1.29 bits per heavy atom. The minimum absolute atomic E-state index is 0.438. The number of pyridine rings is 1. The van der Waals surface area contributed by atoms with Crippen molar-refractivity contribution in [2.24, 2.45) is 0 Å². The van der Waals surface area contributed by atoms with Crippen LogP contribution >= 0.6 is 0 Å². The molecule has 0 amide bonds. The van der Waals surface area contributed by atoms with Gasteiger partial charge in [0.25, 0.3) is 0 Å². The normalized spacial score (nSPS) is 20.0. The smallest absolute Gasteiger partial charge is 0.131 e. The van der Waals surface area contributed by atoms with E-state index in [0.717, 1.165) is 50.9 Å². The fraction of sp³-hybridized carbons (Fsp3) is 0.706. The summed E-state index contributed by atoms with van der Waals surface area (Å²) in [5.74, 6) is 1.15. The molecule has 21 heavy (non-hydrogen) atoms. The van der Waals surface area contributed by atoms with Gasteiger partial charge < -0.3 is 15.0 Å². The zero-order chi connectivity index (χ0) is 14.7. The summed E-state index contributed by atoms with van der Waals surface area (Å²) in [7, 11) is 0. The van der Waals surface area contributed by atoms with Gasteiger partial charge in [-0.3, -0.25) is 0 Å². The van der Waals surface area contributed by atoms with Crippen LogP contribution in [-0.4, -0.2) is 36.8 Å². The van der Waals surface area contributed by atoms with Gasteiger partial charge in [-0.15, -0.1) is 0 Å². The van der Waals surface area contributed by atoms with Gasteiger partial charge in [-0.05, 0) is 56.7 Å². The molecule has 2 fully saturated rings. The van der Waals surface area contributed by atoms with Gasteiger partial charge in [-0.1, -0.05) is 0 Å². The first kappa shape index (κ1) is 14.8. The lowest BCUT2D eigenvalue weighted by Crippen LogP contribution is -2.38. The Kier molecular flexibility index (Phi) is 4.76. The second-order valence-corrected chi connectivity index (χ2v) is 6.28. The molecule has 4 nitrogen and oxygen atoms in total. The van der Waals surface area contributed by atoms with Crippen LogP contribution in [0.15, 0.2) is 12.3 Å². The lowest BCUT2D eigenvalue weighted by Gasteiger charge is -2.33. The predicted molar refractivity (Wildman–Crippen MR) is 85.7 cm³/mol. The number of hydrogen-bond donors (Lipinski definition) is 1. The van der Waals surface area contributed by atoms with Gasteiger partial charge in [0, 0.05) is 38.5 Å². The highest BCUT2D eigenvalue weighted by Crippen LogP contribution is 2.24. The fourth-order valence-electron chi connectivity index (χ4n) is 3.07. The van der Waals surface area contributed by atoms with Gasteiger partial charge >= 0.3 is 0 Å². The molecule has 0 bridgehead atoms. The second-order valence-electron chi connectivity index (χ2n) is 6.28. The number of nitrogens with one attached hydrogen (secondary N) is 1. The first-order valence-corrected chi connectivity index (χ1v) is 8.31. The summed E-state index contributed by atoms with van der Waals surface area (Å²) in [6.07, 6.45) is 7.36. The SMILES string of the molecule is CCOC1CCN(c2ncc(CNC3CC3)cc2C)CC1. The van der Waals surface area contributed by atoms with E-state index in [4.69, 9.17) is 9.72 Å². The molecular formula is C17H27N3O. The Morgan fingerprint density at radius 3 is 2.67 bits per heavy atom. The van der Waals surface area contributed by atoms with Crippen LogP contribution in [-0.2, 0) is 11.3 Å². The molecule has 1 aliphatic carbocycles. The highest BCUT2D eigenvalue weighted by Gasteiger charge is 2.22. The first-order chi connectivity index (χ1) is 10.3. The molecular weight excluding hydrogens is 262 g/mol. The van der Waals surface area contributed by atoms with Crippen molar-refractivity contribution in [1.29, 1.82) is 0 Å². The average Bonchev–Trinajstić information content (AvgIpc) is 3.31. The van der Waals surface area contributed by atoms with E-state index in [1.165, 1.54) is 24.0 Å². The molecule has 2 heterocycles. The van der Waals surface area contributed by atoms with E-state index >= 15 is 0 Å². The van der Waals surface area contributed by atoms with Crippen LogP contribution in [0.3, 0.4) is 0 Å². The lowest BCUT2D eigenvalue weighted by molar-refractivity contribution is 0.0458. The quantitative estimate of drug-likeness (QED) is 0.873. The summed E-state index contributed by atoms with van der Waals surface area (Å²) >= 11 is 0. The summed E-state index contributed by atoms with van der Waals surface area (Å²) < 4.78 is 5.72. The summed E-state index contributed by atoms with van der Waals surface area (Å²) in [6, 6.07) is 3.04. The standard InChI is InChI=1S/C17H27N3O/c1-3-21-16-6-8-20(9-7-16)17-13(2)10-14(12-19-17)11-18-15-4-5-15/h10,12,15-16,18H,3-9,11H2,1-2H3. The second kappa shape index (κ2) is 6.75. The third-order valence-electron chi connectivity index (χ3n) is 4.42. The highest BCUT2D eigenvalue weighted by molar-refractivity contribution is 5.47. The average molecular weight is 289 g/mol. The highest BCUT2D eigenvalue weighted by atomic mass is 16.5. The number of ether oxygens (including phenoxy) is 1. The van der Waals surface area contributed by atoms with E-state index in [0.29, 0.717) is 6.10 Å². The number of anilines is 1. The Hall–Kier alpha value is -1.13. The van der Waals surface area contributed by atoms with Gasteiger partial charge in [0.05, 0.1) is 6.10 Å². The van der Waals surface area contributed by atoms with Gasteiger partial charge in [0.15, 0.2) is 0 Å². The number of aryl methyl sites for hydroxylation is 1. The van der Waals surface area contributed by atoms with Crippen LogP contribution in [0.25, 0.3) is 0 Å². The third kappa shape index (κ3) is 3.95. The molecule has 1 aliphatic heterocycles. The molecule has 0 unspecified atom stereocenters. The molecule has 1 saturated heterocycles. The van der Waals surface area contributed by atoms with E-state index in [2.05, 4.69) is 30.1 Å². The van der Waals surface area contributed by atoms with Crippen LogP contribution in [0.2, 0.25) is 0 Å². The molecule has 116 valence electrons. The molecule has 3 rings (SSSR count). The molecule has 2 aliphatic rings. The predicted octanol–water partition coefficient (Wildman–Crippen LogP) is 2.65. The topological polar surface area (TPSA) is 37.4 Å². The van der Waals surface area contributed by atoms with E-state index in [9.17, 15) is 0 Å². The fourth-order valence-corrected chi connectivity index (χ4v) is 3.07. The molecule has 0 spiro atoms. The minimum atomic E-state index is 0.438. The summed E-state index contributed by atoms with van der Waals surface area (Å²) in [5.41, 5.74) is 2.59. The summed E-state index contributed by atoms with van der Waals surface area (Å²) in [5, 5.41) is 3.55. The number of hydrogen-bond acceptors (Lipinski definition) is 4. The van der Waals surface area contributed by atoms with Crippen molar-refractivity contribution in [1.82, 2.24) is 10.3 Å². The molecule has 0 radical (unpaired) electrons. The van der Waals surface area contributed by atoms with Crippen LogP contribution in [0.5, 0.6) is 0 Å². The molecule has 0 aromatic carbocycles. The summed E-state index contributed by atoms with van der Waals surface area (Å²) in [4.78, 5) is 7.12. The number of aromatic nitrogens is 1. The zero-order valence-electron chi connectivity index (χ0n) is 13.3. The lowest BCUT2D eigenvalue weighted by atomic mass is 10.1. The van der Waals surface area contributed by atoms with Crippen LogP contribution in [0, 0.1) is 6.92 Å².